The molecule has 5 rings (SSSR count). The van der Waals surface area contributed by atoms with Gasteiger partial charge in [-0.15, -0.1) is 0 Å². The molecule has 6 heteroatoms. The highest BCUT2D eigenvalue weighted by Gasteiger charge is 2.31. The number of aromatic nitrogens is 1. The van der Waals surface area contributed by atoms with Crippen molar-refractivity contribution >= 4 is 22.5 Å². The molecule has 3 heterocycles. The minimum absolute atomic E-state index is 0.318. The Hall–Kier alpha value is -2.34. The third-order valence-corrected chi connectivity index (χ3v) is 7.98. The van der Waals surface area contributed by atoms with Crippen LogP contribution in [0.25, 0.3) is 10.9 Å². The smallest absolute Gasteiger partial charge is 0.225 e. The number of benzene rings is 1. The number of fused-ring (bicyclic) bond motifs is 1. The average molecular weight is 451 g/mol. The zero-order chi connectivity index (χ0) is 22.6. The lowest BCUT2D eigenvalue weighted by atomic mass is 9.94. The van der Waals surface area contributed by atoms with Crippen LogP contribution in [0.1, 0.15) is 44.9 Å². The molecule has 2 aliphatic heterocycles. The van der Waals surface area contributed by atoms with E-state index in [4.69, 9.17) is 9.72 Å². The molecule has 3 fully saturated rings. The van der Waals surface area contributed by atoms with Crippen LogP contribution in [-0.4, -0.2) is 73.6 Å². The van der Waals surface area contributed by atoms with Gasteiger partial charge in [0, 0.05) is 56.8 Å². The van der Waals surface area contributed by atoms with Gasteiger partial charge in [-0.1, -0.05) is 18.9 Å². The van der Waals surface area contributed by atoms with E-state index in [-0.39, 0.29) is 0 Å². The van der Waals surface area contributed by atoms with Crippen molar-refractivity contribution < 1.29 is 9.53 Å². The number of likely N-dealkylation sites (tertiary alicyclic amines) is 1. The monoisotopic (exact) mass is 450 g/mol. The topological polar surface area (TPSA) is 48.9 Å². The van der Waals surface area contributed by atoms with Crippen molar-refractivity contribution in [3.05, 3.63) is 30.5 Å². The Morgan fingerprint density at radius 3 is 2.58 bits per heavy atom. The van der Waals surface area contributed by atoms with Gasteiger partial charge < -0.3 is 19.4 Å². The van der Waals surface area contributed by atoms with Crippen LogP contribution in [0.2, 0.25) is 0 Å². The van der Waals surface area contributed by atoms with Crippen LogP contribution >= 0.6 is 0 Å². The standard InChI is InChI=1S/C27H38N4O2/c1-33-24-10-9-22-8-4-13-28-25(22)26(24)30-15-5-14-29(18-19-30)20-21-11-16-31(17-12-21)27(32)23-6-2-3-7-23/h4,8-10,13,21,23H,2-3,5-7,11-12,14-20H2,1H3. The van der Waals surface area contributed by atoms with Gasteiger partial charge in [0.15, 0.2) is 0 Å². The number of carbonyl (C=O) groups excluding carboxylic acids is 1. The lowest BCUT2D eigenvalue weighted by Gasteiger charge is -2.35. The summed E-state index contributed by atoms with van der Waals surface area (Å²) >= 11 is 0. The lowest BCUT2D eigenvalue weighted by molar-refractivity contribution is -0.136. The minimum atomic E-state index is 0.318. The molecular formula is C27H38N4O2. The zero-order valence-electron chi connectivity index (χ0n) is 20.0. The number of pyridine rings is 1. The summed E-state index contributed by atoms with van der Waals surface area (Å²) in [4.78, 5) is 24.7. The highest BCUT2D eigenvalue weighted by molar-refractivity contribution is 5.94. The summed E-state index contributed by atoms with van der Waals surface area (Å²) in [6, 6.07) is 8.29. The van der Waals surface area contributed by atoms with Gasteiger partial charge in [-0.2, -0.15) is 0 Å². The second kappa shape index (κ2) is 10.3. The molecular weight excluding hydrogens is 412 g/mol. The molecule has 0 atom stereocenters. The maximum atomic E-state index is 12.8. The highest BCUT2D eigenvalue weighted by atomic mass is 16.5. The summed E-state index contributed by atoms with van der Waals surface area (Å²) in [5.74, 6) is 2.37. The third-order valence-electron chi connectivity index (χ3n) is 7.98. The van der Waals surface area contributed by atoms with E-state index in [2.05, 4.69) is 32.9 Å². The number of methoxy groups -OCH3 is 1. The van der Waals surface area contributed by atoms with Crippen molar-refractivity contribution in [1.29, 1.82) is 0 Å². The first-order chi connectivity index (χ1) is 16.2. The second-order valence-electron chi connectivity index (χ2n) is 10.1. The van der Waals surface area contributed by atoms with E-state index in [0.29, 0.717) is 17.7 Å². The Bertz CT molecular complexity index is 950. The molecule has 6 nitrogen and oxygen atoms in total. The predicted octanol–water partition coefficient (Wildman–Crippen LogP) is 4.18. The fourth-order valence-electron chi connectivity index (χ4n) is 6.09. The summed E-state index contributed by atoms with van der Waals surface area (Å²) in [5, 5.41) is 1.16. The summed E-state index contributed by atoms with van der Waals surface area (Å²) in [7, 11) is 1.75. The number of piperidine rings is 1. The fraction of sp³-hybridized carbons (Fsp3) is 0.630. The van der Waals surface area contributed by atoms with Crippen LogP contribution < -0.4 is 9.64 Å². The molecule has 33 heavy (non-hydrogen) atoms. The van der Waals surface area contributed by atoms with Crippen molar-refractivity contribution in [1.82, 2.24) is 14.8 Å². The second-order valence-corrected chi connectivity index (χ2v) is 10.1. The number of amides is 1. The Morgan fingerprint density at radius 2 is 1.79 bits per heavy atom. The number of hydrogen-bond acceptors (Lipinski definition) is 5. The number of hydrogen-bond donors (Lipinski definition) is 0. The number of carbonyl (C=O) groups is 1. The quantitative estimate of drug-likeness (QED) is 0.684. The molecule has 1 aliphatic carbocycles. The fourth-order valence-corrected chi connectivity index (χ4v) is 6.09. The molecule has 0 radical (unpaired) electrons. The van der Waals surface area contributed by atoms with Crippen molar-refractivity contribution in [3.8, 4) is 5.75 Å². The molecule has 1 aromatic carbocycles. The van der Waals surface area contributed by atoms with Gasteiger partial charge in [0.1, 0.15) is 11.4 Å². The van der Waals surface area contributed by atoms with Crippen molar-refractivity contribution in [3.63, 3.8) is 0 Å². The van der Waals surface area contributed by atoms with E-state index < -0.39 is 0 Å². The summed E-state index contributed by atoms with van der Waals surface area (Å²) < 4.78 is 5.73. The summed E-state index contributed by atoms with van der Waals surface area (Å²) in [6.07, 6.45) is 10.0. The first-order valence-electron chi connectivity index (χ1n) is 12.9. The number of ether oxygens (including phenoxy) is 1. The van der Waals surface area contributed by atoms with Crippen LogP contribution in [0.5, 0.6) is 5.75 Å². The summed E-state index contributed by atoms with van der Waals surface area (Å²) in [6.45, 7) is 7.29. The van der Waals surface area contributed by atoms with Crippen LogP contribution in [0.15, 0.2) is 30.5 Å². The molecule has 1 aromatic heterocycles. The number of nitrogens with zero attached hydrogens (tertiary/aromatic N) is 4. The summed E-state index contributed by atoms with van der Waals surface area (Å²) in [5.41, 5.74) is 2.17. The van der Waals surface area contributed by atoms with Crippen molar-refractivity contribution in [2.75, 3.05) is 57.8 Å². The predicted molar refractivity (Wildman–Crippen MR) is 133 cm³/mol. The molecule has 178 valence electrons. The first kappa shape index (κ1) is 22.5. The van der Waals surface area contributed by atoms with E-state index in [9.17, 15) is 4.79 Å². The average Bonchev–Trinajstić information content (AvgIpc) is 3.31. The van der Waals surface area contributed by atoms with E-state index in [1.165, 1.54) is 12.8 Å². The molecule has 0 unspecified atom stereocenters. The van der Waals surface area contributed by atoms with Gasteiger partial charge in [-0.25, -0.2) is 0 Å². The molecule has 1 amide bonds. The van der Waals surface area contributed by atoms with Gasteiger partial charge in [-0.05, 0) is 62.8 Å². The maximum absolute atomic E-state index is 12.8. The van der Waals surface area contributed by atoms with Gasteiger partial charge in [0.25, 0.3) is 0 Å². The van der Waals surface area contributed by atoms with E-state index in [1.807, 2.05) is 12.3 Å². The molecule has 2 aromatic rings. The molecule has 0 spiro atoms. The minimum Gasteiger partial charge on any atom is -0.494 e. The van der Waals surface area contributed by atoms with Gasteiger partial charge >= 0.3 is 0 Å². The van der Waals surface area contributed by atoms with Crippen LogP contribution in [0.3, 0.4) is 0 Å². The molecule has 0 bridgehead atoms. The highest BCUT2D eigenvalue weighted by Crippen LogP contribution is 2.36. The van der Waals surface area contributed by atoms with Crippen LogP contribution in [0, 0.1) is 11.8 Å². The lowest BCUT2D eigenvalue weighted by Crippen LogP contribution is -2.44. The van der Waals surface area contributed by atoms with Gasteiger partial charge in [0.05, 0.1) is 12.6 Å². The number of rotatable bonds is 5. The Morgan fingerprint density at radius 1 is 0.970 bits per heavy atom. The molecule has 2 saturated heterocycles. The van der Waals surface area contributed by atoms with Crippen LogP contribution in [-0.2, 0) is 4.79 Å². The number of anilines is 1. The Kier molecular flexibility index (Phi) is 7.00. The van der Waals surface area contributed by atoms with Gasteiger partial charge in [-0.3, -0.25) is 9.78 Å². The largest absolute Gasteiger partial charge is 0.494 e. The molecule has 0 N–H and O–H groups in total. The SMILES string of the molecule is COc1ccc2cccnc2c1N1CCCN(CC2CCN(C(=O)C3CCCC3)CC2)CC1. The van der Waals surface area contributed by atoms with E-state index in [1.54, 1.807) is 7.11 Å². The molecule has 3 aliphatic rings. The molecule has 1 saturated carbocycles. The normalized spacial score (nSPS) is 21.5. The van der Waals surface area contributed by atoms with Crippen molar-refractivity contribution in [2.45, 2.75) is 44.9 Å². The Labute approximate surface area is 197 Å². The van der Waals surface area contributed by atoms with Crippen LogP contribution in [0.4, 0.5) is 5.69 Å². The first-order valence-corrected chi connectivity index (χ1v) is 12.9. The van der Waals surface area contributed by atoms with Gasteiger partial charge in [0.2, 0.25) is 5.91 Å². The van der Waals surface area contributed by atoms with E-state index >= 15 is 0 Å². The van der Waals surface area contributed by atoms with Crippen molar-refractivity contribution in [2.24, 2.45) is 11.8 Å². The van der Waals surface area contributed by atoms with E-state index in [0.717, 1.165) is 100 Å². The maximum Gasteiger partial charge on any atom is 0.225 e. The third kappa shape index (κ3) is 4.96. The zero-order valence-corrected chi connectivity index (χ0v) is 20.0. The Balaban J connectivity index is 1.17.